The minimum Gasteiger partial charge on any atom is -0.287 e. The number of rotatable bonds is 8. The Morgan fingerprint density at radius 2 is 1.45 bits per heavy atom. The molecule has 3 aromatic carbocycles. The van der Waals surface area contributed by atoms with Crippen molar-refractivity contribution in [2.75, 3.05) is 6.54 Å². The molecule has 0 spiro atoms. The Morgan fingerprint density at radius 1 is 0.862 bits per heavy atom. The van der Waals surface area contributed by atoms with Gasteiger partial charge in [-0.2, -0.15) is 0 Å². The molecule has 150 valence electrons. The fourth-order valence-electron chi connectivity index (χ4n) is 2.64. The van der Waals surface area contributed by atoms with E-state index in [9.17, 15) is 17.6 Å². The van der Waals surface area contributed by atoms with Gasteiger partial charge in [-0.3, -0.25) is 10.2 Å². The van der Waals surface area contributed by atoms with Crippen molar-refractivity contribution in [3.05, 3.63) is 102 Å². The maximum atomic E-state index is 13.0. The minimum absolute atomic E-state index is 0.00490. The Morgan fingerprint density at radius 3 is 2.07 bits per heavy atom. The predicted octanol–water partition coefficient (Wildman–Crippen LogP) is 2.78. The molecule has 0 aliphatic carbocycles. The summed E-state index contributed by atoms with van der Waals surface area (Å²) in [7, 11) is -3.70. The second-order valence-electron chi connectivity index (χ2n) is 6.23. The van der Waals surface area contributed by atoms with Crippen LogP contribution in [0.4, 0.5) is 4.39 Å². The zero-order chi connectivity index (χ0) is 20.7. The number of benzene rings is 3. The quantitative estimate of drug-likeness (QED) is 0.496. The van der Waals surface area contributed by atoms with E-state index < -0.39 is 27.8 Å². The highest BCUT2D eigenvalue weighted by molar-refractivity contribution is 7.89. The minimum atomic E-state index is -3.70. The average molecular weight is 413 g/mol. The molecule has 29 heavy (non-hydrogen) atoms. The van der Waals surface area contributed by atoms with E-state index in [1.807, 2.05) is 30.3 Å². The van der Waals surface area contributed by atoms with E-state index in [0.29, 0.717) is 0 Å². The molecule has 0 heterocycles. The Kier molecular flexibility index (Phi) is 6.71. The highest BCUT2D eigenvalue weighted by Gasteiger charge is 2.18. The van der Waals surface area contributed by atoms with Crippen molar-refractivity contribution < 1.29 is 17.6 Å². The van der Waals surface area contributed by atoms with Crippen LogP contribution in [0.2, 0.25) is 0 Å². The fourth-order valence-corrected chi connectivity index (χ4v) is 3.71. The van der Waals surface area contributed by atoms with Gasteiger partial charge in [0.05, 0.1) is 10.9 Å². The number of sulfonamides is 1. The lowest BCUT2D eigenvalue weighted by molar-refractivity contribution is 0.0925. The zero-order valence-electron chi connectivity index (χ0n) is 15.4. The third-order valence-corrected chi connectivity index (χ3v) is 5.64. The van der Waals surface area contributed by atoms with Gasteiger partial charge in [0.25, 0.3) is 5.91 Å². The van der Waals surface area contributed by atoms with Gasteiger partial charge in [0.15, 0.2) is 0 Å². The number of carbonyl (C=O) groups is 1. The molecule has 1 atom stereocenters. The van der Waals surface area contributed by atoms with Gasteiger partial charge in [-0.25, -0.2) is 23.0 Å². The van der Waals surface area contributed by atoms with Crippen LogP contribution in [0.5, 0.6) is 0 Å². The van der Waals surface area contributed by atoms with Crippen molar-refractivity contribution in [3.63, 3.8) is 0 Å². The van der Waals surface area contributed by atoms with Crippen LogP contribution in [-0.2, 0) is 10.0 Å². The van der Waals surface area contributed by atoms with Crippen LogP contribution in [0.25, 0.3) is 0 Å². The van der Waals surface area contributed by atoms with Crippen molar-refractivity contribution in [3.8, 4) is 0 Å². The molecule has 3 N–H and O–H groups in total. The van der Waals surface area contributed by atoms with Gasteiger partial charge >= 0.3 is 0 Å². The molecule has 3 rings (SSSR count). The summed E-state index contributed by atoms with van der Waals surface area (Å²) in [6.45, 7) is 0.00490. The zero-order valence-corrected chi connectivity index (χ0v) is 16.2. The van der Waals surface area contributed by atoms with Gasteiger partial charge in [-0.05, 0) is 42.0 Å². The van der Waals surface area contributed by atoms with Crippen LogP contribution < -0.4 is 15.6 Å². The van der Waals surface area contributed by atoms with E-state index in [4.69, 9.17) is 0 Å². The van der Waals surface area contributed by atoms with Crippen LogP contribution >= 0.6 is 0 Å². The maximum Gasteiger partial charge on any atom is 0.265 e. The van der Waals surface area contributed by atoms with E-state index in [1.165, 1.54) is 36.4 Å². The summed E-state index contributed by atoms with van der Waals surface area (Å²) in [6, 6.07) is 21.7. The smallest absolute Gasteiger partial charge is 0.265 e. The van der Waals surface area contributed by atoms with Gasteiger partial charge < -0.3 is 0 Å². The molecule has 0 aromatic heterocycles. The first-order valence-corrected chi connectivity index (χ1v) is 10.3. The summed E-state index contributed by atoms with van der Waals surface area (Å²) in [5.41, 5.74) is 6.45. The topological polar surface area (TPSA) is 87.3 Å². The number of hydrogen-bond donors (Lipinski definition) is 3. The van der Waals surface area contributed by atoms with E-state index in [1.54, 1.807) is 18.2 Å². The molecular formula is C21H20FN3O3S. The van der Waals surface area contributed by atoms with E-state index >= 15 is 0 Å². The predicted molar refractivity (Wildman–Crippen MR) is 108 cm³/mol. The van der Waals surface area contributed by atoms with Crippen molar-refractivity contribution in [2.24, 2.45) is 0 Å². The summed E-state index contributed by atoms with van der Waals surface area (Å²) in [6.07, 6.45) is 0. The van der Waals surface area contributed by atoms with E-state index in [0.717, 1.165) is 5.56 Å². The number of carbonyl (C=O) groups excluding carboxylic acids is 1. The number of amides is 1. The molecule has 0 radical (unpaired) electrons. The Hall–Kier alpha value is -3.07. The molecule has 1 amide bonds. The molecule has 3 aromatic rings. The first-order chi connectivity index (χ1) is 14.0. The molecule has 0 aliphatic rings. The monoisotopic (exact) mass is 413 g/mol. The van der Waals surface area contributed by atoms with Crippen molar-refractivity contribution in [1.29, 1.82) is 0 Å². The normalized spacial score (nSPS) is 12.3. The van der Waals surface area contributed by atoms with Gasteiger partial charge in [-0.15, -0.1) is 0 Å². The van der Waals surface area contributed by atoms with Crippen LogP contribution in [0.15, 0.2) is 89.8 Å². The van der Waals surface area contributed by atoms with Crippen molar-refractivity contribution >= 4 is 15.9 Å². The summed E-state index contributed by atoms with van der Waals surface area (Å²) in [5.74, 6) is -0.899. The number of halogens is 1. The Balaban J connectivity index is 1.70. The maximum absolute atomic E-state index is 13.0. The Labute approximate surface area is 168 Å². The van der Waals surface area contributed by atoms with Crippen LogP contribution in [0.1, 0.15) is 22.0 Å². The largest absolute Gasteiger partial charge is 0.287 e. The highest BCUT2D eigenvalue weighted by Crippen LogP contribution is 2.13. The van der Waals surface area contributed by atoms with E-state index in [-0.39, 0.29) is 17.0 Å². The first kappa shape index (κ1) is 20.7. The summed E-state index contributed by atoms with van der Waals surface area (Å²) >= 11 is 0. The Bertz CT molecular complexity index is 1040. The lowest BCUT2D eigenvalue weighted by Crippen LogP contribution is -2.44. The molecule has 6 nitrogen and oxygen atoms in total. The average Bonchev–Trinajstić information content (AvgIpc) is 2.75. The SMILES string of the molecule is O=C(NN[C@@H](CNS(=O)(=O)c1ccccc1)c1ccccc1)c1ccc(F)cc1. The van der Waals surface area contributed by atoms with Gasteiger partial charge in [-0.1, -0.05) is 48.5 Å². The third kappa shape index (κ3) is 5.71. The molecule has 0 saturated carbocycles. The fraction of sp³-hybridized carbons (Fsp3) is 0.0952. The van der Waals surface area contributed by atoms with E-state index in [2.05, 4.69) is 15.6 Å². The number of hydrazine groups is 1. The molecule has 0 fully saturated rings. The standard InChI is InChI=1S/C21H20FN3O3S/c22-18-13-11-17(12-14-18)21(26)25-24-20(16-7-3-1-4-8-16)15-23-29(27,28)19-9-5-2-6-10-19/h1-14,20,23-24H,15H2,(H,25,26)/t20-/m0/s1. The van der Waals surface area contributed by atoms with Crippen LogP contribution in [0, 0.1) is 5.82 Å². The molecule has 0 saturated heterocycles. The summed E-state index contributed by atoms with van der Waals surface area (Å²) < 4.78 is 40.6. The number of hydrogen-bond acceptors (Lipinski definition) is 4. The molecular weight excluding hydrogens is 393 g/mol. The second-order valence-corrected chi connectivity index (χ2v) is 8.00. The van der Waals surface area contributed by atoms with Gasteiger partial charge in [0.1, 0.15) is 5.82 Å². The van der Waals surface area contributed by atoms with Crippen LogP contribution in [0.3, 0.4) is 0 Å². The van der Waals surface area contributed by atoms with Crippen molar-refractivity contribution in [1.82, 2.24) is 15.6 Å². The van der Waals surface area contributed by atoms with Gasteiger partial charge in [0, 0.05) is 12.1 Å². The third-order valence-electron chi connectivity index (χ3n) is 4.20. The van der Waals surface area contributed by atoms with Gasteiger partial charge in [0.2, 0.25) is 10.0 Å². The molecule has 0 bridgehead atoms. The summed E-state index contributed by atoms with van der Waals surface area (Å²) in [5, 5.41) is 0. The molecule has 8 heteroatoms. The highest BCUT2D eigenvalue weighted by atomic mass is 32.2. The molecule has 0 aliphatic heterocycles. The lowest BCUT2D eigenvalue weighted by atomic mass is 10.1. The number of nitrogens with one attached hydrogen (secondary N) is 3. The molecule has 0 unspecified atom stereocenters. The first-order valence-electron chi connectivity index (χ1n) is 8.87. The lowest BCUT2D eigenvalue weighted by Gasteiger charge is -2.20. The van der Waals surface area contributed by atoms with Crippen molar-refractivity contribution in [2.45, 2.75) is 10.9 Å². The summed E-state index contributed by atoms with van der Waals surface area (Å²) in [4.78, 5) is 12.4. The second kappa shape index (κ2) is 9.42. The van der Waals surface area contributed by atoms with Crippen LogP contribution in [-0.4, -0.2) is 20.9 Å².